The van der Waals surface area contributed by atoms with E-state index in [0.29, 0.717) is 30.0 Å². The highest BCUT2D eigenvalue weighted by Gasteiger charge is 2.10. The average molecular weight is 469 g/mol. The summed E-state index contributed by atoms with van der Waals surface area (Å²) in [5.74, 6) is 0.436. The van der Waals surface area contributed by atoms with Crippen molar-refractivity contribution >= 4 is 34.5 Å². The minimum atomic E-state index is -0.517. The maximum Gasteiger partial charge on any atom is 0.338 e. The van der Waals surface area contributed by atoms with Crippen LogP contribution in [0.1, 0.15) is 15.9 Å². The van der Waals surface area contributed by atoms with Crippen LogP contribution in [0.15, 0.2) is 42.5 Å². The molecule has 0 aromatic heterocycles. The summed E-state index contributed by atoms with van der Waals surface area (Å²) in [6.45, 7) is 0.117. The Balaban J connectivity index is 1.75. The van der Waals surface area contributed by atoms with Gasteiger partial charge in [-0.15, -0.1) is 0 Å². The van der Waals surface area contributed by atoms with Crippen LogP contribution in [0.2, 0.25) is 0 Å². The van der Waals surface area contributed by atoms with Crippen LogP contribution in [-0.4, -0.2) is 39.2 Å². The molecule has 0 aliphatic heterocycles. The summed E-state index contributed by atoms with van der Waals surface area (Å²) in [5, 5.41) is 2.72. The Morgan fingerprint density at radius 3 is 2.35 bits per heavy atom. The summed E-state index contributed by atoms with van der Waals surface area (Å²) in [7, 11) is 3.15. The molecule has 0 heterocycles. The highest BCUT2D eigenvalue weighted by atomic mass is 127. The van der Waals surface area contributed by atoms with Gasteiger partial charge >= 0.3 is 5.97 Å². The van der Waals surface area contributed by atoms with Gasteiger partial charge in [0.05, 0.1) is 19.8 Å². The molecule has 0 aliphatic rings. The molecule has 6 nitrogen and oxygen atoms in total. The zero-order chi connectivity index (χ0) is 18.9. The minimum absolute atomic E-state index is 0.309. The number of amides is 1. The molecule has 0 spiro atoms. The molecule has 0 radical (unpaired) electrons. The second-order valence-electron chi connectivity index (χ2n) is 5.37. The van der Waals surface area contributed by atoms with Crippen molar-refractivity contribution in [3.63, 3.8) is 0 Å². The second kappa shape index (κ2) is 10.0. The molecule has 0 aliphatic carbocycles. The van der Waals surface area contributed by atoms with Crippen molar-refractivity contribution in [2.45, 2.75) is 6.42 Å². The van der Waals surface area contributed by atoms with Gasteiger partial charge < -0.3 is 19.5 Å². The van der Waals surface area contributed by atoms with Gasteiger partial charge in [-0.1, -0.05) is 6.07 Å². The van der Waals surface area contributed by atoms with Gasteiger partial charge in [0.25, 0.3) is 5.91 Å². The fourth-order valence-electron chi connectivity index (χ4n) is 2.23. The number of carbonyl (C=O) groups is 2. The first-order valence-electron chi connectivity index (χ1n) is 7.93. The van der Waals surface area contributed by atoms with Crippen LogP contribution < -0.4 is 14.8 Å². The molecule has 1 amide bonds. The van der Waals surface area contributed by atoms with Crippen molar-refractivity contribution in [3.05, 3.63) is 57.2 Å². The van der Waals surface area contributed by atoms with Gasteiger partial charge in [0.2, 0.25) is 0 Å². The van der Waals surface area contributed by atoms with Crippen LogP contribution in [0, 0.1) is 3.57 Å². The quantitative estimate of drug-likeness (QED) is 0.476. The highest BCUT2D eigenvalue weighted by molar-refractivity contribution is 14.1. The van der Waals surface area contributed by atoms with E-state index in [9.17, 15) is 9.59 Å². The van der Waals surface area contributed by atoms with Crippen molar-refractivity contribution in [2.24, 2.45) is 0 Å². The SMILES string of the molecule is COc1ccc(CCNC(=O)COC(=O)c2ccc(I)cc2)cc1OC. The largest absolute Gasteiger partial charge is 0.493 e. The summed E-state index contributed by atoms with van der Waals surface area (Å²) < 4.78 is 16.5. The van der Waals surface area contributed by atoms with Crippen LogP contribution in [-0.2, 0) is 16.0 Å². The van der Waals surface area contributed by atoms with E-state index in [1.165, 1.54) is 0 Å². The first-order chi connectivity index (χ1) is 12.5. The van der Waals surface area contributed by atoms with Crippen molar-refractivity contribution < 1.29 is 23.8 Å². The van der Waals surface area contributed by atoms with Gasteiger partial charge in [-0.3, -0.25) is 4.79 Å². The molecule has 1 N–H and O–H groups in total. The molecule has 0 bridgehead atoms. The number of hydrogen-bond donors (Lipinski definition) is 1. The number of hydrogen-bond acceptors (Lipinski definition) is 5. The predicted molar refractivity (Wildman–Crippen MR) is 106 cm³/mol. The lowest BCUT2D eigenvalue weighted by atomic mass is 10.1. The van der Waals surface area contributed by atoms with Crippen LogP contribution in [0.4, 0.5) is 0 Å². The smallest absolute Gasteiger partial charge is 0.338 e. The summed E-state index contributed by atoms with van der Waals surface area (Å²) in [6, 6.07) is 12.5. The lowest BCUT2D eigenvalue weighted by Crippen LogP contribution is -2.30. The predicted octanol–water partition coefficient (Wildman–Crippen LogP) is 2.82. The van der Waals surface area contributed by atoms with E-state index in [1.54, 1.807) is 38.5 Å². The number of halogens is 1. The molecule has 26 heavy (non-hydrogen) atoms. The zero-order valence-corrected chi connectivity index (χ0v) is 16.7. The maximum absolute atomic E-state index is 11.9. The Hall–Kier alpha value is -2.29. The Bertz CT molecular complexity index is 761. The van der Waals surface area contributed by atoms with Gasteiger partial charge in [0.15, 0.2) is 18.1 Å². The molecule has 0 atom stereocenters. The van der Waals surface area contributed by atoms with Crippen LogP contribution in [0.5, 0.6) is 11.5 Å². The number of carbonyl (C=O) groups excluding carboxylic acids is 2. The number of rotatable bonds is 8. The van der Waals surface area contributed by atoms with Crippen molar-refractivity contribution in [3.8, 4) is 11.5 Å². The lowest BCUT2D eigenvalue weighted by Gasteiger charge is -2.10. The maximum atomic E-state index is 11.9. The summed E-state index contributed by atoms with van der Waals surface area (Å²) >= 11 is 2.15. The monoisotopic (exact) mass is 469 g/mol. The van der Waals surface area contributed by atoms with Crippen LogP contribution in [0.3, 0.4) is 0 Å². The fourth-order valence-corrected chi connectivity index (χ4v) is 2.59. The number of benzene rings is 2. The van der Waals surface area contributed by atoms with Crippen molar-refractivity contribution in [1.82, 2.24) is 5.32 Å². The Kier molecular flexibility index (Phi) is 7.71. The van der Waals surface area contributed by atoms with E-state index >= 15 is 0 Å². The third kappa shape index (κ3) is 5.91. The molecule has 0 saturated heterocycles. The number of esters is 1. The molecule has 2 aromatic carbocycles. The minimum Gasteiger partial charge on any atom is -0.493 e. The van der Waals surface area contributed by atoms with Crippen molar-refractivity contribution in [1.29, 1.82) is 0 Å². The normalized spacial score (nSPS) is 10.1. The van der Waals surface area contributed by atoms with Crippen LogP contribution in [0.25, 0.3) is 0 Å². The topological polar surface area (TPSA) is 73.9 Å². The molecule has 2 aromatic rings. The van der Waals surface area contributed by atoms with Crippen LogP contribution >= 0.6 is 22.6 Å². The second-order valence-corrected chi connectivity index (χ2v) is 6.62. The summed E-state index contributed by atoms with van der Waals surface area (Å²) in [4.78, 5) is 23.7. The molecule has 7 heteroatoms. The fraction of sp³-hybridized carbons (Fsp3) is 0.263. The van der Waals surface area contributed by atoms with Gasteiger partial charge in [-0.05, 0) is 71.0 Å². The highest BCUT2D eigenvalue weighted by Crippen LogP contribution is 2.27. The molecule has 0 unspecified atom stereocenters. The molecular weight excluding hydrogens is 449 g/mol. The first kappa shape index (κ1) is 20.0. The molecule has 2 rings (SSSR count). The van der Waals surface area contributed by atoms with E-state index in [4.69, 9.17) is 14.2 Å². The Morgan fingerprint density at radius 2 is 1.69 bits per heavy atom. The van der Waals surface area contributed by atoms with E-state index < -0.39 is 5.97 Å². The van der Waals surface area contributed by atoms with E-state index in [0.717, 1.165) is 9.13 Å². The molecular formula is C19H20INO5. The van der Waals surface area contributed by atoms with Gasteiger partial charge in [-0.25, -0.2) is 4.79 Å². The van der Waals surface area contributed by atoms with E-state index in [-0.39, 0.29) is 12.5 Å². The average Bonchev–Trinajstić information content (AvgIpc) is 2.66. The van der Waals surface area contributed by atoms with E-state index in [1.807, 2.05) is 18.2 Å². The van der Waals surface area contributed by atoms with Gasteiger partial charge in [0, 0.05) is 10.1 Å². The Labute approximate surface area is 166 Å². The number of ether oxygens (including phenoxy) is 3. The summed E-state index contributed by atoms with van der Waals surface area (Å²) in [5.41, 5.74) is 1.42. The summed E-state index contributed by atoms with van der Waals surface area (Å²) in [6.07, 6.45) is 0.622. The van der Waals surface area contributed by atoms with E-state index in [2.05, 4.69) is 27.9 Å². The van der Waals surface area contributed by atoms with Crippen molar-refractivity contribution in [2.75, 3.05) is 27.4 Å². The standard InChI is InChI=1S/C19H20INO5/c1-24-16-8-3-13(11-17(16)25-2)9-10-21-18(22)12-26-19(23)14-4-6-15(20)7-5-14/h3-8,11H,9-10,12H2,1-2H3,(H,21,22). The lowest BCUT2D eigenvalue weighted by molar-refractivity contribution is -0.124. The van der Waals surface area contributed by atoms with Gasteiger partial charge in [0.1, 0.15) is 0 Å². The molecule has 138 valence electrons. The third-order valence-electron chi connectivity index (χ3n) is 3.60. The molecule has 0 saturated carbocycles. The molecule has 0 fully saturated rings. The first-order valence-corrected chi connectivity index (χ1v) is 9.01. The third-order valence-corrected chi connectivity index (χ3v) is 4.32. The zero-order valence-electron chi connectivity index (χ0n) is 14.6. The number of nitrogens with one attached hydrogen (secondary N) is 1. The Morgan fingerprint density at radius 1 is 1.00 bits per heavy atom. The van der Waals surface area contributed by atoms with Gasteiger partial charge in [-0.2, -0.15) is 0 Å². The number of methoxy groups -OCH3 is 2.